The molecule has 0 amide bonds. The summed E-state index contributed by atoms with van der Waals surface area (Å²) in [5, 5.41) is 9.63. The zero-order chi connectivity index (χ0) is 11.4. The number of hydrogen-bond acceptors (Lipinski definition) is 3. The average Bonchev–Trinajstić information content (AvgIpc) is 2.70. The fourth-order valence-electron chi connectivity index (χ4n) is 1.67. The van der Waals surface area contributed by atoms with Gasteiger partial charge in [-0.1, -0.05) is 6.92 Å². The van der Waals surface area contributed by atoms with E-state index in [9.17, 15) is 5.11 Å². The molecule has 4 nitrogen and oxygen atoms in total. The number of nitrogens with zero attached hydrogens (tertiary/aromatic N) is 3. The lowest BCUT2D eigenvalue weighted by atomic mass is 10.2. The first-order chi connectivity index (χ1) is 7.81. The Morgan fingerprint density at radius 3 is 2.94 bits per heavy atom. The molecule has 0 unspecified atom stereocenters. The highest BCUT2D eigenvalue weighted by atomic mass is 16.3. The van der Waals surface area contributed by atoms with Crippen molar-refractivity contribution in [2.24, 2.45) is 0 Å². The number of imidazole rings is 1. The van der Waals surface area contributed by atoms with Gasteiger partial charge in [0.1, 0.15) is 11.6 Å². The highest BCUT2D eigenvalue weighted by Gasteiger charge is 2.07. The standard InChI is InChI=1S/C12H15N3O/c1-2-7-15-8-6-14-12(15)9-10-11(16)4-3-5-13-10/h3-6,8,16H,2,7,9H2,1H3. The third kappa shape index (κ3) is 2.21. The number of hydrogen-bond donors (Lipinski definition) is 1. The van der Waals surface area contributed by atoms with Crippen LogP contribution in [0.3, 0.4) is 0 Å². The van der Waals surface area contributed by atoms with Gasteiger partial charge in [0.2, 0.25) is 0 Å². The summed E-state index contributed by atoms with van der Waals surface area (Å²) in [6.07, 6.45) is 7.06. The highest BCUT2D eigenvalue weighted by Crippen LogP contribution is 2.16. The molecule has 2 heterocycles. The van der Waals surface area contributed by atoms with Crippen LogP contribution in [0.25, 0.3) is 0 Å². The van der Waals surface area contributed by atoms with Gasteiger partial charge in [0.25, 0.3) is 0 Å². The summed E-state index contributed by atoms with van der Waals surface area (Å²) in [7, 11) is 0. The molecule has 0 aliphatic heterocycles. The smallest absolute Gasteiger partial charge is 0.137 e. The van der Waals surface area contributed by atoms with Gasteiger partial charge in [0.15, 0.2) is 0 Å². The van der Waals surface area contributed by atoms with Crippen LogP contribution in [-0.2, 0) is 13.0 Å². The predicted octanol–water partition coefficient (Wildman–Crippen LogP) is 1.98. The number of rotatable bonds is 4. The summed E-state index contributed by atoms with van der Waals surface area (Å²) in [5.41, 5.74) is 0.672. The van der Waals surface area contributed by atoms with E-state index >= 15 is 0 Å². The zero-order valence-corrected chi connectivity index (χ0v) is 9.30. The Kier molecular flexibility index (Phi) is 3.19. The number of aryl methyl sites for hydroxylation is 1. The van der Waals surface area contributed by atoms with Gasteiger partial charge in [-0.15, -0.1) is 0 Å². The van der Waals surface area contributed by atoms with Crippen molar-refractivity contribution in [1.29, 1.82) is 0 Å². The Morgan fingerprint density at radius 1 is 1.31 bits per heavy atom. The molecule has 16 heavy (non-hydrogen) atoms. The van der Waals surface area contributed by atoms with Gasteiger partial charge >= 0.3 is 0 Å². The van der Waals surface area contributed by atoms with Crippen LogP contribution in [0.4, 0.5) is 0 Å². The second-order valence-electron chi connectivity index (χ2n) is 3.68. The molecule has 0 saturated carbocycles. The fraction of sp³-hybridized carbons (Fsp3) is 0.333. The van der Waals surface area contributed by atoms with Gasteiger partial charge in [0, 0.05) is 25.1 Å². The van der Waals surface area contributed by atoms with E-state index in [2.05, 4.69) is 21.5 Å². The van der Waals surface area contributed by atoms with Crippen molar-refractivity contribution < 1.29 is 5.11 Å². The highest BCUT2D eigenvalue weighted by molar-refractivity contribution is 5.27. The SMILES string of the molecule is CCCn1ccnc1Cc1ncccc1O. The van der Waals surface area contributed by atoms with Crippen LogP contribution < -0.4 is 0 Å². The quantitative estimate of drug-likeness (QED) is 0.852. The summed E-state index contributed by atoms with van der Waals surface area (Å²) < 4.78 is 2.09. The summed E-state index contributed by atoms with van der Waals surface area (Å²) in [5.74, 6) is 1.17. The van der Waals surface area contributed by atoms with E-state index in [1.165, 1.54) is 0 Å². The summed E-state index contributed by atoms with van der Waals surface area (Å²) in [6, 6.07) is 3.37. The van der Waals surface area contributed by atoms with E-state index in [4.69, 9.17) is 0 Å². The lowest BCUT2D eigenvalue weighted by Gasteiger charge is -2.06. The normalized spacial score (nSPS) is 10.6. The first-order valence-electron chi connectivity index (χ1n) is 5.44. The van der Waals surface area contributed by atoms with Crippen molar-refractivity contribution in [3.05, 3.63) is 42.2 Å². The average molecular weight is 217 g/mol. The van der Waals surface area contributed by atoms with Gasteiger partial charge in [-0.05, 0) is 18.6 Å². The minimum atomic E-state index is 0.230. The number of aromatic nitrogens is 3. The zero-order valence-electron chi connectivity index (χ0n) is 9.30. The molecule has 0 bridgehead atoms. The molecule has 4 heteroatoms. The van der Waals surface area contributed by atoms with Crippen molar-refractivity contribution >= 4 is 0 Å². The summed E-state index contributed by atoms with van der Waals surface area (Å²) in [6.45, 7) is 3.07. The van der Waals surface area contributed by atoms with Crippen LogP contribution in [0.2, 0.25) is 0 Å². The molecule has 1 N–H and O–H groups in total. The first-order valence-corrected chi connectivity index (χ1v) is 5.44. The monoisotopic (exact) mass is 217 g/mol. The molecular weight excluding hydrogens is 202 g/mol. The second-order valence-corrected chi connectivity index (χ2v) is 3.68. The summed E-state index contributed by atoms with van der Waals surface area (Å²) >= 11 is 0. The van der Waals surface area contributed by atoms with E-state index in [0.717, 1.165) is 18.8 Å². The van der Waals surface area contributed by atoms with Crippen molar-refractivity contribution in [3.8, 4) is 5.75 Å². The molecule has 2 aromatic rings. The van der Waals surface area contributed by atoms with Gasteiger partial charge in [-0.3, -0.25) is 4.98 Å². The molecule has 0 aliphatic rings. The van der Waals surface area contributed by atoms with Crippen LogP contribution in [0.15, 0.2) is 30.7 Å². The molecule has 84 valence electrons. The third-order valence-electron chi connectivity index (χ3n) is 2.46. The van der Waals surface area contributed by atoms with Gasteiger partial charge in [-0.25, -0.2) is 4.98 Å². The maximum atomic E-state index is 9.63. The number of aromatic hydroxyl groups is 1. The van der Waals surface area contributed by atoms with Crippen molar-refractivity contribution in [2.75, 3.05) is 0 Å². The molecule has 0 spiro atoms. The second kappa shape index (κ2) is 4.79. The first kappa shape index (κ1) is 10.7. The van der Waals surface area contributed by atoms with Crippen LogP contribution in [0.1, 0.15) is 24.9 Å². The molecule has 2 rings (SSSR count). The Hall–Kier alpha value is -1.84. The van der Waals surface area contributed by atoms with E-state index in [-0.39, 0.29) is 5.75 Å². The molecule has 0 atom stereocenters. The minimum Gasteiger partial charge on any atom is -0.506 e. The van der Waals surface area contributed by atoms with E-state index in [0.29, 0.717) is 12.1 Å². The molecule has 0 aliphatic carbocycles. The van der Waals surface area contributed by atoms with Gasteiger partial charge < -0.3 is 9.67 Å². The molecule has 0 saturated heterocycles. The molecular formula is C12H15N3O. The van der Waals surface area contributed by atoms with Crippen LogP contribution in [0.5, 0.6) is 5.75 Å². The maximum absolute atomic E-state index is 9.63. The molecule has 0 fully saturated rings. The van der Waals surface area contributed by atoms with Crippen LogP contribution in [-0.4, -0.2) is 19.6 Å². The van der Waals surface area contributed by atoms with Crippen LogP contribution in [0, 0.1) is 0 Å². The third-order valence-corrected chi connectivity index (χ3v) is 2.46. The van der Waals surface area contributed by atoms with E-state index in [1.807, 2.05) is 6.20 Å². The molecule has 0 radical (unpaired) electrons. The van der Waals surface area contributed by atoms with Crippen molar-refractivity contribution in [1.82, 2.24) is 14.5 Å². The lowest BCUT2D eigenvalue weighted by Crippen LogP contribution is -2.04. The van der Waals surface area contributed by atoms with E-state index in [1.54, 1.807) is 24.5 Å². The summed E-state index contributed by atoms with van der Waals surface area (Å²) in [4.78, 5) is 8.43. The topological polar surface area (TPSA) is 50.9 Å². The largest absolute Gasteiger partial charge is 0.506 e. The van der Waals surface area contributed by atoms with Gasteiger partial charge in [-0.2, -0.15) is 0 Å². The Morgan fingerprint density at radius 2 is 2.19 bits per heavy atom. The lowest BCUT2D eigenvalue weighted by molar-refractivity contribution is 0.464. The minimum absolute atomic E-state index is 0.230. The molecule has 0 aromatic carbocycles. The Labute approximate surface area is 94.6 Å². The van der Waals surface area contributed by atoms with Crippen LogP contribution >= 0.6 is 0 Å². The maximum Gasteiger partial charge on any atom is 0.137 e. The fourth-order valence-corrected chi connectivity index (χ4v) is 1.67. The van der Waals surface area contributed by atoms with Crippen molar-refractivity contribution in [3.63, 3.8) is 0 Å². The Balaban J connectivity index is 2.20. The van der Waals surface area contributed by atoms with E-state index < -0.39 is 0 Å². The predicted molar refractivity (Wildman–Crippen MR) is 61.2 cm³/mol. The molecule has 2 aromatic heterocycles. The van der Waals surface area contributed by atoms with Crippen molar-refractivity contribution in [2.45, 2.75) is 26.3 Å². The Bertz CT molecular complexity index is 465. The number of pyridine rings is 1. The van der Waals surface area contributed by atoms with Gasteiger partial charge in [0.05, 0.1) is 12.1 Å².